The fourth-order valence-corrected chi connectivity index (χ4v) is 3.95. The Morgan fingerprint density at radius 1 is 1.28 bits per heavy atom. The number of likely N-dealkylation sites (tertiary alicyclic amines) is 1. The fourth-order valence-electron chi connectivity index (χ4n) is 3.09. The van der Waals surface area contributed by atoms with Crippen LogP contribution < -0.4 is 10.1 Å². The molecule has 1 amide bonds. The lowest BCUT2D eigenvalue weighted by molar-refractivity contribution is -0.116. The van der Waals surface area contributed by atoms with Gasteiger partial charge in [0.25, 0.3) is 0 Å². The second-order valence-corrected chi connectivity index (χ2v) is 7.11. The first-order valence-corrected chi connectivity index (χ1v) is 9.51. The zero-order valence-corrected chi connectivity index (χ0v) is 15.3. The Balaban J connectivity index is 1.56. The maximum atomic E-state index is 12.2. The van der Waals surface area contributed by atoms with E-state index in [2.05, 4.69) is 27.7 Å². The van der Waals surface area contributed by atoms with E-state index < -0.39 is 0 Å². The second kappa shape index (κ2) is 8.83. The van der Waals surface area contributed by atoms with Crippen molar-refractivity contribution in [2.75, 3.05) is 26.7 Å². The molecule has 1 aliphatic heterocycles. The Kier molecular flexibility index (Phi) is 6.25. The third-order valence-electron chi connectivity index (χ3n) is 4.47. The van der Waals surface area contributed by atoms with Gasteiger partial charge in [0.05, 0.1) is 13.2 Å². The van der Waals surface area contributed by atoms with Crippen LogP contribution in [-0.2, 0) is 4.79 Å². The topological polar surface area (TPSA) is 41.6 Å². The highest BCUT2D eigenvalue weighted by atomic mass is 32.1. The van der Waals surface area contributed by atoms with Crippen LogP contribution in [0.15, 0.2) is 47.9 Å². The van der Waals surface area contributed by atoms with E-state index in [0.717, 1.165) is 24.4 Å². The number of carbonyl (C=O) groups is 1. The average molecular weight is 356 g/mol. The first-order valence-electron chi connectivity index (χ1n) is 8.63. The van der Waals surface area contributed by atoms with Crippen LogP contribution in [0.1, 0.15) is 29.3 Å². The minimum atomic E-state index is -0.0587. The average Bonchev–Trinajstić information content (AvgIpc) is 3.35. The van der Waals surface area contributed by atoms with Gasteiger partial charge in [-0.25, -0.2) is 0 Å². The van der Waals surface area contributed by atoms with Gasteiger partial charge in [0.2, 0.25) is 5.91 Å². The van der Waals surface area contributed by atoms with Crippen LogP contribution in [0.4, 0.5) is 0 Å². The van der Waals surface area contributed by atoms with Gasteiger partial charge in [-0.3, -0.25) is 9.69 Å². The van der Waals surface area contributed by atoms with E-state index in [1.165, 1.54) is 17.7 Å². The highest BCUT2D eigenvalue weighted by Crippen LogP contribution is 2.27. The smallest absolute Gasteiger partial charge is 0.244 e. The summed E-state index contributed by atoms with van der Waals surface area (Å²) in [6.45, 7) is 2.87. The number of hydrogen-bond donors (Lipinski definition) is 1. The van der Waals surface area contributed by atoms with Gasteiger partial charge in [0.15, 0.2) is 0 Å². The minimum Gasteiger partial charge on any atom is -0.497 e. The van der Waals surface area contributed by atoms with E-state index in [4.69, 9.17) is 4.74 Å². The van der Waals surface area contributed by atoms with Crippen molar-refractivity contribution in [3.05, 3.63) is 58.3 Å². The molecule has 4 nitrogen and oxygen atoms in total. The van der Waals surface area contributed by atoms with Crippen LogP contribution in [0.2, 0.25) is 0 Å². The maximum absolute atomic E-state index is 12.2. The monoisotopic (exact) mass is 356 g/mol. The number of hydrogen-bond acceptors (Lipinski definition) is 4. The Morgan fingerprint density at radius 2 is 2.04 bits per heavy atom. The Morgan fingerprint density at radius 3 is 2.68 bits per heavy atom. The number of amides is 1. The van der Waals surface area contributed by atoms with Crippen LogP contribution in [0, 0.1) is 0 Å². The molecular weight excluding hydrogens is 332 g/mol. The molecule has 3 rings (SSSR count). The number of nitrogens with zero attached hydrogens (tertiary/aromatic N) is 1. The second-order valence-electron chi connectivity index (χ2n) is 6.13. The summed E-state index contributed by atoms with van der Waals surface area (Å²) < 4.78 is 5.14. The lowest BCUT2D eigenvalue weighted by Gasteiger charge is -2.26. The number of nitrogens with one attached hydrogen (secondary N) is 1. The number of carbonyl (C=O) groups excluding carboxylic acids is 1. The standard InChI is InChI=1S/C20H24N2O2S/c1-24-17-9-6-16(7-10-17)8-11-20(23)21-15-18(19-5-4-14-25-19)22-12-2-3-13-22/h4-11,14,18H,2-3,12-13,15H2,1H3,(H,21,23)/b11-8+/t18-/m1/s1. The molecule has 1 fully saturated rings. The zero-order valence-electron chi connectivity index (χ0n) is 14.5. The van der Waals surface area contributed by atoms with Crippen molar-refractivity contribution in [1.82, 2.24) is 10.2 Å². The summed E-state index contributed by atoms with van der Waals surface area (Å²) >= 11 is 1.76. The van der Waals surface area contributed by atoms with Crippen LogP contribution >= 0.6 is 11.3 Å². The van der Waals surface area contributed by atoms with Crippen LogP contribution in [0.3, 0.4) is 0 Å². The van der Waals surface area contributed by atoms with Crippen LogP contribution in [-0.4, -0.2) is 37.6 Å². The van der Waals surface area contributed by atoms with Crippen molar-refractivity contribution in [2.24, 2.45) is 0 Å². The number of benzene rings is 1. The zero-order chi connectivity index (χ0) is 17.5. The third kappa shape index (κ3) is 4.94. The van der Waals surface area contributed by atoms with Gasteiger partial charge in [-0.05, 0) is 61.1 Å². The highest BCUT2D eigenvalue weighted by molar-refractivity contribution is 7.10. The molecule has 0 bridgehead atoms. The summed E-state index contributed by atoms with van der Waals surface area (Å²) in [5.74, 6) is 0.752. The van der Waals surface area contributed by atoms with Gasteiger partial charge in [-0.2, -0.15) is 0 Å². The van der Waals surface area contributed by atoms with Crippen LogP contribution in [0.5, 0.6) is 5.75 Å². The fraction of sp³-hybridized carbons (Fsp3) is 0.350. The molecule has 0 unspecified atom stereocenters. The van der Waals surface area contributed by atoms with Gasteiger partial charge < -0.3 is 10.1 Å². The van der Waals surface area contributed by atoms with E-state index in [0.29, 0.717) is 6.54 Å². The van der Waals surface area contributed by atoms with Gasteiger partial charge >= 0.3 is 0 Å². The normalized spacial score (nSPS) is 16.2. The summed E-state index contributed by atoms with van der Waals surface area (Å²) in [4.78, 5) is 16.0. The maximum Gasteiger partial charge on any atom is 0.244 e. The summed E-state index contributed by atoms with van der Waals surface area (Å²) in [5, 5.41) is 5.16. The Hall–Kier alpha value is -2.11. The summed E-state index contributed by atoms with van der Waals surface area (Å²) in [7, 11) is 1.64. The number of thiophene rings is 1. The molecule has 1 aliphatic rings. The first-order chi connectivity index (χ1) is 12.3. The van der Waals surface area contributed by atoms with Crippen molar-refractivity contribution >= 4 is 23.3 Å². The van der Waals surface area contributed by atoms with E-state index in [-0.39, 0.29) is 11.9 Å². The minimum absolute atomic E-state index is 0.0587. The summed E-state index contributed by atoms with van der Waals surface area (Å²) in [6.07, 6.45) is 5.91. The number of ether oxygens (including phenoxy) is 1. The van der Waals surface area contributed by atoms with Crippen molar-refractivity contribution in [3.63, 3.8) is 0 Å². The molecule has 1 N–H and O–H groups in total. The summed E-state index contributed by atoms with van der Waals surface area (Å²) in [6, 6.07) is 12.2. The molecule has 1 aromatic heterocycles. The molecular formula is C20H24N2O2S. The molecule has 5 heteroatoms. The predicted octanol–water partition coefficient (Wildman–Crippen LogP) is 3.72. The molecule has 25 heavy (non-hydrogen) atoms. The molecule has 132 valence electrons. The number of rotatable bonds is 7. The van der Waals surface area contributed by atoms with Gasteiger partial charge in [0.1, 0.15) is 5.75 Å². The lowest BCUT2D eigenvalue weighted by Crippen LogP contribution is -2.35. The van der Waals surface area contributed by atoms with E-state index in [9.17, 15) is 4.79 Å². The molecule has 2 heterocycles. The molecule has 2 aromatic rings. The van der Waals surface area contributed by atoms with Crippen molar-refractivity contribution in [2.45, 2.75) is 18.9 Å². The predicted molar refractivity (Wildman–Crippen MR) is 103 cm³/mol. The SMILES string of the molecule is COc1ccc(/C=C/C(=O)NC[C@H](c2cccs2)N2CCCC2)cc1. The molecule has 0 radical (unpaired) electrons. The van der Waals surface area contributed by atoms with E-state index >= 15 is 0 Å². The van der Waals surface area contributed by atoms with Crippen molar-refractivity contribution in [3.8, 4) is 5.75 Å². The molecule has 0 saturated carbocycles. The largest absolute Gasteiger partial charge is 0.497 e. The van der Waals surface area contributed by atoms with Gasteiger partial charge in [-0.1, -0.05) is 18.2 Å². The molecule has 1 atom stereocenters. The van der Waals surface area contributed by atoms with E-state index in [1.807, 2.05) is 30.3 Å². The molecule has 1 saturated heterocycles. The quantitative estimate of drug-likeness (QED) is 0.769. The molecule has 0 spiro atoms. The third-order valence-corrected chi connectivity index (χ3v) is 5.44. The Labute approximate surface area is 153 Å². The van der Waals surface area contributed by atoms with Crippen LogP contribution in [0.25, 0.3) is 6.08 Å². The highest BCUT2D eigenvalue weighted by Gasteiger charge is 2.24. The van der Waals surface area contributed by atoms with E-state index in [1.54, 1.807) is 24.5 Å². The number of methoxy groups -OCH3 is 1. The first kappa shape index (κ1) is 17.7. The molecule has 1 aromatic carbocycles. The van der Waals surface area contributed by atoms with Crippen molar-refractivity contribution in [1.29, 1.82) is 0 Å². The lowest BCUT2D eigenvalue weighted by atomic mass is 10.2. The summed E-state index contributed by atoms with van der Waals surface area (Å²) in [5.41, 5.74) is 0.977. The van der Waals surface area contributed by atoms with Gasteiger partial charge in [-0.15, -0.1) is 11.3 Å². The Bertz CT molecular complexity index is 689. The van der Waals surface area contributed by atoms with Crippen molar-refractivity contribution < 1.29 is 9.53 Å². The molecule has 0 aliphatic carbocycles. The van der Waals surface area contributed by atoms with Gasteiger partial charge in [0, 0.05) is 17.5 Å².